The Kier molecular flexibility index (Phi) is 3.98. The number of para-hydroxylation sites is 1. The molecule has 1 aliphatic carbocycles. The van der Waals surface area contributed by atoms with Crippen LogP contribution in [0.4, 0.5) is 0 Å². The first kappa shape index (κ1) is 15.2. The van der Waals surface area contributed by atoms with Crippen molar-refractivity contribution in [3.8, 4) is 5.69 Å². The molecule has 0 spiro atoms. The fraction of sp³-hybridized carbons (Fsp3) is 0.278. The van der Waals surface area contributed by atoms with Crippen molar-refractivity contribution >= 4 is 17.5 Å². The van der Waals surface area contributed by atoms with Gasteiger partial charge in [0, 0.05) is 19.2 Å². The SMILES string of the molecule is Cn1cccc1C(=O)CSc1nc(C2CC2)n(-c2ccccc2)n1. The maximum absolute atomic E-state index is 12.3. The summed E-state index contributed by atoms with van der Waals surface area (Å²) >= 11 is 1.40. The number of rotatable bonds is 6. The van der Waals surface area contributed by atoms with Crippen molar-refractivity contribution in [2.45, 2.75) is 23.9 Å². The summed E-state index contributed by atoms with van der Waals surface area (Å²) in [6.07, 6.45) is 4.21. The number of carbonyl (C=O) groups excluding carboxylic acids is 1. The van der Waals surface area contributed by atoms with Crippen molar-refractivity contribution in [1.82, 2.24) is 19.3 Å². The molecule has 0 N–H and O–H groups in total. The zero-order valence-corrected chi connectivity index (χ0v) is 14.2. The average molecular weight is 338 g/mol. The Labute approximate surface area is 144 Å². The smallest absolute Gasteiger partial charge is 0.209 e. The van der Waals surface area contributed by atoms with Gasteiger partial charge in [-0.1, -0.05) is 30.0 Å². The zero-order valence-electron chi connectivity index (χ0n) is 13.4. The Morgan fingerprint density at radius 3 is 2.67 bits per heavy atom. The summed E-state index contributed by atoms with van der Waals surface area (Å²) in [5.41, 5.74) is 1.74. The highest BCUT2D eigenvalue weighted by Gasteiger charge is 2.30. The van der Waals surface area contributed by atoms with Gasteiger partial charge in [0.05, 0.1) is 17.1 Å². The van der Waals surface area contributed by atoms with Crippen LogP contribution in [0, 0.1) is 0 Å². The predicted molar refractivity (Wildman–Crippen MR) is 93.8 cm³/mol. The van der Waals surface area contributed by atoms with Crippen LogP contribution in [0.25, 0.3) is 5.69 Å². The highest BCUT2D eigenvalue weighted by molar-refractivity contribution is 7.99. The fourth-order valence-electron chi connectivity index (χ4n) is 2.69. The van der Waals surface area contributed by atoms with Crippen LogP contribution >= 0.6 is 11.8 Å². The van der Waals surface area contributed by atoms with Crippen molar-refractivity contribution < 1.29 is 4.79 Å². The van der Waals surface area contributed by atoms with Gasteiger partial charge in [0.2, 0.25) is 5.16 Å². The number of aryl methyl sites for hydroxylation is 1. The van der Waals surface area contributed by atoms with E-state index in [2.05, 4.69) is 10.1 Å². The van der Waals surface area contributed by atoms with Crippen molar-refractivity contribution in [2.24, 2.45) is 7.05 Å². The van der Waals surface area contributed by atoms with E-state index < -0.39 is 0 Å². The van der Waals surface area contributed by atoms with E-state index in [0.717, 1.165) is 24.4 Å². The molecule has 0 aliphatic heterocycles. The molecule has 3 aromatic rings. The maximum atomic E-state index is 12.3. The lowest BCUT2D eigenvalue weighted by atomic mass is 10.3. The van der Waals surface area contributed by atoms with Gasteiger partial charge in [0.15, 0.2) is 5.78 Å². The number of aromatic nitrogens is 4. The quantitative estimate of drug-likeness (QED) is 0.510. The number of benzene rings is 1. The Morgan fingerprint density at radius 1 is 1.21 bits per heavy atom. The molecule has 24 heavy (non-hydrogen) atoms. The molecule has 6 heteroatoms. The van der Waals surface area contributed by atoms with Gasteiger partial charge in [-0.05, 0) is 37.1 Å². The maximum Gasteiger partial charge on any atom is 0.209 e. The van der Waals surface area contributed by atoms with Crippen molar-refractivity contribution in [3.05, 3.63) is 60.2 Å². The predicted octanol–water partition coefficient (Wildman–Crippen LogP) is 3.46. The minimum absolute atomic E-state index is 0.0940. The topological polar surface area (TPSA) is 52.7 Å². The molecule has 0 atom stereocenters. The van der Waals surface area contributed by atoms with Crippen LogP contribution in [0.2, 0.25) is 0 Å². The van der Waals surface area contributed by atoms with Crippen LogP contribution in [0.1, 0.15) is 35.1 Å². The molecule has 1 saturated carbocycles. The fourth-order valence-corrected chi connectivity index (χ4v) is 3.39. The van der Waals surface area contributed by atoms with Crippen LogP contribution in [0.3, 0.4) is 0 Å². The molecule has 5 nitrogen and oxygen atoms in total. The Hall–Kier alpha value is -2.34. The Balaban J connectivity index is 1.54. The molecule has 2 aromatic heterocycles. The van der Waals surface area contributed by atoms with Gasteiger partial charge in [-0.15, -0.1) is 5.10 Å². The summed E-state index contributed by atoms with van der Waals surface area (Å²) in [7, 11) is 1.88. The largest absolute Gasteiger partial charge is 0.348 e. The standard InChI is InChI=1S/C18H18N4OS/c1-21-11-5-8-15(21)16(23)12-24-18-19-17(13-9-10-13)22(20-18)14-6-3-2-4-7-14/h2-8,11,13H,9-10,12H2,1H3. The molecular formula is C18H18N4OS. The van der Waals surface area contributed by atoms with E-state index in [1.165, 1.54) is 11.8 Å². The van der Waals surface area contributed by atoms with Crippen molar-refractivity contribution in [2.75, 3.05) is 5.75 Å². The van der Waals surface area contributed by atoms with Gasteiger partial charge in [-0.25, -0.2) is 9.67 Å². The van der Waals surface area contributed by atoms with Crippen LogP contribution in [0.15, 0.2) is 53.8 Å². The molecule has 0 unspecified atom stereocenters. The molecule has 1 fully saturated rings. The van der Waals surface area contributed by atoms with Crippen LogP contribution in [-0.2, 0) is 7.05 Å². The monoisotopic (exact) mass is 338 g/mol. The molecule has 4 rings (SSSR count). The zero-order chi connectivity index (χ0) is 16.5. The number of hydrogen-bond donors (Lipinski definition) is 0. The Morgan fingerprint density at radius 2 is 2.00 bits per heavy atom. The number of nitrogens with zero attached hydrogens (tertiary/aromatic N) is 4. The second-order valence-corrected chi connectivity index (χ2v) is 6.93. The molecule has 1 aromatic carbocycles. The molecular weight excluding hydrogens is 320 g/mol. The second-order valence-electron chi connectivity index (χ2n) is 5.99. The summed E-state index contributed by atoms with van der Waals surface area (Å²) in [5.74, 6) is 1.95. The molecule has 0 bridgehead atoms. The van der Waals surface area contributed by atoms with Gasteiger partial charge in [0.25, 0.3) is 0 Å². The highest BCUT2D eigenvalue weighted by Crippen LogP contribution is 2.40. The molecule has 0 amide bonds. The minimum Gasteiger partial charge on any atom is -0.348 e. The van der Waals surface area contributed by atoms with Crippen LogP contribution in [0.5, 0.6) is 0 Å². The van der Waals surface area contributed by atoms with E-state index in [4.69, 9.17) is 0 Å². The summed E-state index contributed by atoms with van der Waals surface area (Å²) in [6.45, 7) is 0. The van der Waals surface area contributed by atoms with E-state index in [0.29, 0.717) is 22.5 Å². The molecule has 122 valence electrons. The highest BCUT2D eigenvalue weighted by atomic mass is 32.2. The van der Waals surface area contributed by atoms with E-state index in [1.54, 1.807) is 0 Å². The molecule has 2 heterocycles. The van der Waals surface area contributed by atoms with E-state index in [9.17, 15) is 4.79 Å². The van der Waals surface area contributed by atoms with E-state index in [1.807, 2.05) is 65.0 Å². The van der Waals surface area contributed by atoms with Crippen molar-refractivity contribution in [1.29, 1.82) is 0 Å². The van der Waals surface area contributed by atoms with E-state index >= 15 is 0 Å². The van der Waals surface area contributed by atoms with Gasteiger partial charge in [-0.2, -0.15) is 0 Å². The number of ketones is 1. The Bertz CT molecular complexity index is 864. The second kappa shape index (κ2) is 6.28. The van der Waals surface area contributed by atoms with Crippen LogP contribution < -0.4 is 0 Å². The van der Waals surface area contributed by atoms with Gasteiger partial charge < -0.3 is 4.57 Å². The van der Waals surface area contributed by atoms with Gasteiger partial charge in [-0.3, -0.25) is 4.79 Å². The number of thioether (sulfide) groups is 1. The van der Waals surface area contributed by atoms with Gasteiger partial charge >= 0.3 is 0 Å². The first-order chi connectivity index (χ1) is 11.7. The number of hydrogen-bond acceptors (Lipinski definition) is 4. The molecule has 0 saturated heterocycles. The van der Waals surface area contributed by atoms with Crippen molar-refractivity contribution in [3.63, 3.8) is 0 Å². The number of Topliss-reactive ketones (excluding diaryl/α,β-unsaturated/α-hetero) is 1. The summed E-state index contributed by atoms with van der Waals surface area (Å²) in [4.78, 5) is 17.0. The minimum atomic E-state index is 0.0940. The third kappa shape index (κ3) is 3.01. The average Bonchev–Trinajstić information content (AvgIpc) is 3.22. The first-order valence-corrected chi connectivity index (χ1v) is 9.00. The third-order valence-corrected chi connectivity index (χ3v) is 4.96. The third-order valence-electron chi connectivity index (χ3n) is 4.12. The summed E-state index contributed by atoms with van der Waals surface area (Å²) in [6, 6.07) is 13.8. The van der Waals surface area contributed by atoms with Crippen LogP contribution in [-0.4, -0.2) is 30.9 Å². The van der Waals surface area contributed by atoms with E-state index in [-0.39, 0.29) is 5.78 Å². The lowest BCUT2D eigenvalue weighted by Crippen LogP contribution is -2.07. The van der Waals surface area contributed by atoms with Gasteiger partial charge in [0.1, 0.15) is 5.82 Å². The first-order valence-electron chi connectivity index (χ1n) is 8.02. The number of carbonyl (C=O) groups is 1. The lowest BCUT2D eigenvalue weighted by molar-refractivity contribution is 0.101. The normalized spacial score (nSPS) is 14.0. The summed E-state index contributed by atoms with van der Waals surface area (Å²) < 4.78 is 3.77. The summed E-state index contributed by atoms with van der Waals surface area (Å²) in [5, 5.41) is 5.30. The molecule has 0 radical (unpaired) electrons. The lowest BCUT2D eigenvalue weighted by Gasteiger charge is -2.03. The molecule has 1 aliphatic rings.